The molecule has 1 aliphatic rings. The van der Waals surface area contributed by atoms with Gasteiger partial charge in [-0.15, -0.1) is 12.4 Å². The van der Waals surface area contributed by atoms with E-state index in [2.05, 4.69) is 17.6 Å². The smallest absolute Gasteiger partial charge is 0.237 e. The summed E-state index contributed by atoms with van der Waals surface area (Å²) >= 11 is 0. The van der Waals surface area contributed by atoms with Crippen molar-refractivity contribution in [2.75, 3.05) is 6.54 Å². The van der Waals surface area contributed by atoms with Crippen LogP contribution in [0.25, 0.3) is 0 Å². The maximum atomic E-state index is 11.9. The molecule has 1 fully saturated rings. The van der Waals surface area contributed by atoms with Gasteiger partial charge in [-0.1, -0.05) is 32.6 Å². The second-order valence-electron chi connectivity index (χ2n) is 4.87. The minimum absolute atomic E-state index is 0. The zero-order valence-corrected chi connectivity index (χ0v) is 11.9. The average Bonchev–Trinajstić information content (AvgIpc) is 2.54. The Morgan fingerprint density at radius 2 is 1.82 bits per heavy atom. The molecule has 3 nitrogen and oxygen atoms in total. The summed E-state index contributed by atoms with van der Waals surface area (Å²) in [6.45, 7) is 4.98. The van der Waals surface area contributed by atoms with E-state index in [0.29, 0.717) is 6.04 Å². The van der Waals surface area contributed by atoms with Gasteiger partial charge in [-0.3, -0.25) is 4.79 Å². The fourth-order valence-corrected chi connectivity index (χ4v) is 2.20. The minimum Gasteiger partial charge on any atom is -0.352 e. The Morgan fingerprint density at radius 1 is 1.24 bits per heavy atom. The molecular formula is C13H27ClN2O. The summed E-state index contributed by atoms with van der Waals surface area (Å²) in [6.07, 6.45) is 8.58. The lowest BCUT2D eigenvalue weighted by Crippen LogP contribution is -2.46. The van der Waals surface area contributed by atoms with E-state index in [-0.39, 0.29) is 24.4 Å². The SMILES string of the molecule is CCCNC(C)C(=O)NC1CCCCCC1.Cl. The number of halogens is 1. The van der Waals surface area contributed by atoms with Crippen molar-refractivity contribution in [2.45, 2.75) is 70.9 Å². The highest BCUT2D eigenvalue weighted by Gasteiger charge is 2.17. The molecule has 1 aliphatic carbocycles. The van der Waals surface area contributed by atoms with Crippen LogP contribution >= 0.6 is 12.4 Å². The molecule has 0 heterocycles. The van der Waals surface area contributed by atoms with Crippen LogP contribution in [0.1, 0.15) is 58.8 Å². The van der Waals surface area contributed by atoms with E-state index < -0.39 is 0 Å². The van der Waals surface area contributed by atoms with Crippen LogP contribution in [0.4, 0.5) is 0 Å². The normalized spacial score (nSPS) is 18.9. The van der Waals surface area contributed by atoms with Crippen LogP contribution in [0.3, 0.4) is 0 Å². The highest BCUT2D eigenvalue weighted by molar-refractivity contribution is 5.85. The van der Waals surface area contributed by atoms with Crippen LogP contribution < -0.4 is 10.6 Å². The lowest BCUT2D eigenvalue weighted by atomic mass is 10.1. The molecular weight excluding hydrogens is 236 g/mol. The predicted molar refractivity (Wildman–Crippen MR) is 74.6 cm³/mol. The summed E-state index contributed by atoms with van der Waals surface area (Å²) in [5, 5.41) is 6.39. The van der Waals surface area contributed by atoms with Gasteiger partial charge < -0.3 is 10.6 Å². The summed E-state index contributed by atoms with van der Waals surface area (Å²) in [5.74, 6) is 0.167. The van der Waals surface area contributed by atoms with E-state index >= 15 is 0 Å². The quantitative estimate of drug-likeness (QED) is 0.748. The molecule has 2 N–H and O–H groups in total. The van der Waals surface area contributed by atoms with Gasteiger partial charge in [0, 0.05) is 6.04 Å². The lowest BCUT2D eigenvalue weighted by molar-refractivity contribution is -0.123. The van der Waals surface area contributed by atoms with Crippen LogP contribution in [-0.4, -0.2) is 24.5 Å². The van der Waals surface area contributed by atoms with Gasteiger partial charge >= 0.3 is 0 Å². The first-order chi connectivity index (χ1) is 7.74. The first kappa shape index (κ1) is 16.7. The van der Waals surface area contributed by atoms with Crippen molar-refractivity contribution in [3.05, 3.63) is 0 Å². The van der Waals surface area contributed by atoms with E-state index in [1.54, 1.807) is 0 Å². The van der Waals surface area contributed by atoms with Gasteiger partial charge in [0.25, 0.3) is 0 Å². The Morgan fingerprint density at radius 3 is 2.35 bits per heavy atom. The second-order valence-corrected chi connectivity index (χ2v) is 4.87. The molecule has 17 heavy (non-hydrogen) atoms. The van der Waals surface area contributed by atoms with E-state index in [1.165, 1.54) is 25.7 Å². The van der Waals surface area contributed by atoms with Crippen molar-refractivity contribution in [1.82, 2.24) is 10.6 Å². The molecule has 0 aliphatic heterocycles. The molecule has 0 aromatic heterocycles. The summed E-state index contributed by atoms with van der Waals surface area (Å²) in [6, 6.07) is 0.365. The summed E-state index contributed by atoms with van der Waals surface area (Å²) in [7, 11) is 0. The standard InChI is InChI=1S/C13H26N2O.ClH/c1-3-10-14-11(2)13(16)15-12-8-6-4-5-7-9-12;/h11-12,14H,3-10H2,1-2H3,(H,15,16);1H. The van der Waals surface area contributed by atoms with Crippen molar-refractivity contribution in [1.29, 1.82) is 0 Å². The predicted octanol–water partition coefficient (Wildman–Crippen LogP) is 2.64. The van der Waals surface area contributed by atoms with Crippen molar-refractivity contribution in [3.8, 4) is 0 Å². The lowest BCUT2D eigenvalue weighted by Gasteiger charge is -2.20. The van der Waals surface area contributed by atoms with Crippen molar-refractivity contribution in [2.24, 2.45) is 0 Å². The molecule has 0 aromatic carbocycles. The van der Waals surface area contributed by atoms with Crippen molar-refractivity contribution < 1.29 is 4.79 Å². The van der Waals surface area contributed by atoms with Crippen LogP contribution in [0.2, 0.25) is 0 Å². The molecule has 0 spiro atoms. The Kier molecular flexibility index (Phi) is 9.56. The van der Waals surface area contributed by atoms with Crippen molar-refractivity contribution >= 4 is 18.3 Å². The summed E-state index contributed by atoms with van der Waals surface area (Å²) in [4.78, 5) is 11.9. The molecule has 0 saturated heterocycles. The van der Waals surface area contributed by atoms with Gasteiger partial charge in [0.2, 0.25) is 5.91 Å². The zero-order valence-electron chi connectivity index (χ0n) is 11.1. The average molecular weight is 263 g/mol. The number of hydrogen-bond acceptors (Lipinski definition) is 2. The van der Waals surface area contributed by atoms with Crippen LogP contribution in [0.15, 0.2) is 0 Å². The number of nitrogens with one attached hydrogen (secondary N) is 2. The van der Waals surface area contributed by atoms with E-state index in [4.69, 9.17) is 0 Å². The largest absolute Gasteiger partial charge is 0.352 e. The summed E-state index contributed by atoms with van der Waals surface area (Å²) in [5.41, 5.74) is 0. The Bertz CT molecular complexity index is 204. The number of hydrogen-bond donors (Lipinski definition) is 2. The first-order valence-electron chi connectivity index (χ1n) is 6.77. The number of amides is 1. The summed E-state index contributed by atoms with van der Waals surface area (Å²) < 4.78 is 0. The van der Waals surface area contributed by atoms with Gasteiger partial charge in [0.1, 0.15) is 0 Å². The van der Waals surface area contributed by atoms with Crippen molar-refractivity contribution in [3.63, 3.8) is 0 Å². The molecule has 102 valence electrons. The molecule has 1 saturated carbocycles. The molecule has 0 radical (unpaired) electrons. The van der Waals surface area contributed by atoms with E-state index in [1.807, 2.05) is 6.92 Å². The second kappa shape index (κ2) is 9.72. The fourth-order valence-electron chi connectivity index (χ4n) is 2.20. The monoisotopic (exact) mass is 262 g/mol. The third-order valence-corrected chi connectivity index (χ3v) is 3.30. The van der Waals surface area contributed by atoms with Gasteiger partial charge in [-0.05, 0) is 32.7 Å². The number of rotatable bonds is 5. The number of carbonyl (C=O) groups is 1. The molecule has 1 amide bonds. The van der Waals surface area contributed by atoms with Gasteiger partial charge in [0.05, 0.1) is 6.04 Å². The maximum Gasteiger partial charge on any atom is 0.237 e. The van der Waals surface area contributed by atoms with Crippen LogP contribution in [-0.2, 0) is 4.79 Å². The fraction of sp³-hybridized carbons (Fsp3) is 0.923. The third kappa shape index (κ3) is 6.89. The molecule has 0 bridgehead atoms. The Labute approximate surface area is 112 Å². The Balaban J connectivity index is 0.00000256. The molecule has 1 rings (SSSR count). The molecule has 1 atom stereocenters. The number of carbonyl (C=O) groups excluding carboxylic acids is 1. The maximum absolute atomic E-state index is 11.9. The van der Waals surface area contributed by atoms with Gasteiger partial charge in [0.15, 0.2) is 0 Å². The van der Waals surface area contributed by atoms with Gasteiger partial charge in [-0.25, -0.2) is 0 Å². The highest BCUT2D eigenvalue weighted by Crippen LogP contribution is 2.17. The van der Waals surface area contributed by atoms with Gasteiger partial charge in [-0.2, -0.15) is 0 Å². The van der Waals surface area contributed by atoms with Crippen LogP contribution in [0.5, 0.6) is 0 Å². The zero-order chi connectivity index (χ0) is 11.8. The van der Waals surface area contributed by atoms with Crippen LogP contribution in [0, 0.1) is 0 Å². The van der Waals surface area contributed by atoms with E-state index in [0.717, 1.165) is 25.8 Å². The first-order valence-corrected chi connectivity index (χ1v) is 6.77. The highest BCUT2D eigenvalue weighted by atomic mass is 35.5. The molecule has 1 unspecified atom stereocenters. The molecule has 0 aromatic rings. The van der Waals surface area contributed by atoms with E-state index in [9.17, 15) is 4.79 Å². The minimum atomic E-state index is -0.0526. The molecule has 4 heteroatoms. The Hall–Kier alpha value is -0.280. The topological polar surface area (TPSA) is 41.1 Å². The third-order valence-electron chi connectivity index (χ3n) is 3.30.